The van der Waals surface area contributed by atoms with Crippen LogP contribution in [0.3, 0.4) is 0 Å². The highest BCUT2D eigenvalue weighted by molar-refractivity contribution is 8.01. The number of fused-ring (bicyclic) bond motifs is 2. The zero-order valence-corrected chi connectivity index (χ0v) is 28.3. The highest BCUT2D eigenvalue weighted by Crippen LogP contribution is 2.54. The van der Waals surface area contributed by atoms with Crippen LogP contribution >= 0.6 is 35.8 Å². The van der Waals surface area contributed by atoms with Gasteiger partial charge in [-0.05, 0) is 40.2 Å². The van der Waals surface area contributed by atoms with E-state index in [1.54, 1.807) is 18.7 Å². The van der Waals surface area contributed by atoms with Crippen LogP contribution < -0.4 is 5.32 Å². The number of halogens is 2. The average Bonchev–Trinajstić information content (AvgIpc) is 3.41. The van der Waals surface area contributed by atoms with Gasteiger partial charge < -0.3 is 24.2 Å². The van der Waals surface area contributed by atoms with Gasteiger partial charge in [-0.25, -0.2) is 18.0 Å². The van der Waals surface area contributed by atoms with E-state index in [9.17, 15) is 32.4 Å². The fourth-order valence-electron chi connectivity index (χ4n) is 7.01. The largest absolute Gasteiger partial charge is 0.426 e. The Bertz CT molecular complexity index is 1580. The van der Waals surface area contributed by atoms with Gasteiger partial charge in [0.1, 0.15) is 33.6 Å². The number of carbonyl (C=O) groups excluding carboxylic acids is 5. The maximum atomic E-state index is 13.6. The summed E-state index contributed by atoms with van der Waals surface area (Å²) in [4.78, 5) is 69.7. The number of rotatable bonds is 7. The Hall–Kier alpha value is -2.59. The number of thioether (sulfide) groups is 1. The summed E-state index contributed by atoms with van der Waals surface area (Å²) in [6.45, 7) is 7.65. The number of β-lactam (4-membered cyclic amide) rings is 2. The quantitative estimate of drug-likeness (QED) is 0.188. The van der Waals surface area contributed by atoms with E-state index in [4.69, 9.17) is 21.1 Å². The molecular weight excluding hydrogens is 671 g/mol. The molecule has 0 spiro atoms. The summed E-state index contributed by atoms with van der Waals surface area (Å²) in [5.74, 6) is -3.49. The first kappa shape index (κ1) is 33.8. The van der Waals surface area contributed by atoms with Crippen LogP contribution in [-0.4, -0.2) is 109 Å². The number of benzene rings is 1. The van der Waals surface area contributed by atoms with Crippen LogP contribution in [0.5, 0.6) is 0 Å². The molecule has 5 saturated heterocycles. The van der Waals surface area contributed by atoms with Gasteiger partial charge in [0.15, 0.2) is 15.9 Å². The van der Waals surface area contributed by atoms with Crippen LogP contribution in [0.2, 0.25) is 0 Å². The highest BCUT2D eigenvalue weighted by atomic mass is 35.5. The van der Waals surface area contributed by atoms with E-state index in [0.717, 1.165) is 10.5 Å². The molecule has 0 bridgehead atoms. The Morgan fingerprint density at radius 3 is 2.16 bits per heavy atom. The fraction of sp³-hybridized carbons (Fsp3) is 0.607. The first-order valence-electron chi connectivity index (χ1n) is 14.1. The highest BCUT2D eigenvalue weighted by Gasteiger charge is 2.71. The van der Waals surface area contributed by atoms with Crippen molar-refractivity contribution in [1.82, 2.24) is 20.0 Å². The minimum absolute atomic E-state index is 0. The SMILES string of the molecule is CC1(C)S[C@@H]2[C@H](N3C(=O)C(c4ccccc4)NC3(C)C)C(=O)N2[C@H]1C(=O)OCOC(=O)C1N2C(=O)C[C@@H]2S(=O)(=O)[C@@]1(C)CCl.Cl. The predicted octanol–water partition coefficient (Wildman–Crippen LogP) is 1.15. The molecule has 5 aliphatic heterocycles. The van der Waals surface area contributed by atoms with E-state index >= 15 is 0 Å². The van der Waals surface area contributed by atoms with Crippen molar-refractivity contribution >= 4 is 75.3 Å². The van der Waals surface area contributed by atoms with Gasteiger partial charge >= 0.3 is 11.9 Å². The fourth-order valence-corrected chi connectivity index (χ4v) is 11.5. The minimum Gasteiger partial charge on any atom is -0.426 e. The Labute approximate surface area is 275 Å². The molecule has 5 fully saturated rings. The van der Waals surface area contributed by atoms with Crippen LogP contribution in [0.1, 0.15) is 52.6 Å². The van der Waals surface area contributed by atoms with Crippen LogP contribution in [0, 0.1) is 0 Å². The number of alkyl halides is 1. The first-order valence-corrected chi connectivity index (χ1v) is 17.1. The predicted molar refractivity (Wildman–Crippen MR) is 165 cm³/mol. The molecule has 6 rings (SSSR count). The van der Waals surface area contributed by atoms with Gasteiger partial charge in [0.2, 0.25) is 24.5 Å². The van der Waals surface area contributed by atoms with Gasteiger partial charge in [-0.15, -0.1) is 35.8 Å². The summed E-state index contributed by atoms with van der Waals surface area (Å²) in [5, 5.41) is 1.66. The molecule has 0 saturated carbocycles. The molecule has 1 N–H and O–H groups in total. The molecule has 13 nitrogen and oxygen atoms in total. The molecule has 0 aliphatic carbocycles. The number of sulfone groups is 1. The molecule has 2 unspecified atom stereocenters. The second-order valence-corrected chi connectivity index (χ2v) is 17.5. The zero-order chi connectivity index (χ0) is 32.1. The number of esters is 2. The lowest BCUT2D eigenvalue weighted by atomic mass is 9.94. The third-order valence-corrected chi connectivity index (χ3v) is 14.4. The van der Waals surface area contributed by atoms with Gasteiger partial charge in [-0.2, -0.15) is 0 Å². The summed E-state index contributed by atoms with van der Waals surface area (Å²) >= 11 is 7.35. The van der Waals surface area contributed by atoms with Crippen LogP contribution in [-0.2, 0) is 43.3 Å². The topological polar surface area (TPSA) is 160 Å². The smallest absolute Gasteiger partial charge is 0.333 e. The molecule has 1 aromatic rings. The number of ether oxygens (including phenoxy) is 2. The number of amides is 3. The summed E-state index contributed by atoms with van der Waals surface area (Å²) < 4.78 is 33.7. The molecule has 5 aliphatic rings. The Morgan fingerprint density at radius 1 is 0.978 bits per heavy atom. The van der Waals surface area contributed by atoms with Crippen molar-refractivity contribution in [1.29, 1.82) is 0 Å². The third kappa shape index (κ3) is 4.67. The lowest BCUT2D eigenvalue weighted by Gasteiger charge is -2.50. The molecule has 1 aromatic carbocycles. The minimum atomic E-state index is -3.95. The number of hydrogen-bond acceptors (Lipinski definition) is 11. The van der Waals surface area contributed by atoms with E-state index in [1.807, 2.05) is 44.2 Å². The Kier molecular flexibility index (Phi) is 8.25. The summed E-state index contributed by atoms with van der Waals surface area (Å²) in [6.07, 6.45) is -0.239. The second kappa shape index (κ2) is 11.0. The lowest BCUT2D eigenvalue weighted by Crippen LogP contribution is -2.73. The maximum Gasteiger partial charge on any atom is 0.333 e. The standard InChI is InChI=1S/C28H33ClN4O9S2.ClH/c1-26(2)19(24(37)41-13-42-25(38)20-28(5,12-29)44(39,40)16-11-15(34)31(16)20)32-22(36)18(23(32)43-26)33-21(35)17(30-27(33,3)4)14-9-7-6-8-10-14;/h6-10,16-20,23,30H,11-13H2,1-5H3;1H/t16-,17?,18+,19-,20?,23+,28-;/m0./s1. The second-order valence-electron chi connectivity index (χ2n) is 12.9. The number of nitrogens with zero attached hydrogens (tertiary/aromatic N) is 3. The van der Waals surface area contributed by atoms with Crippen molar-refractivity contribution in [2.75, 3.05) is 12.7 Å². The molecule has 0 radical (unpaired) electrons. The monoisotopic (exact) mass is 704 g/mol. The van der Waals surface area contributed by atoms with Crippen LogP contribution in [0.15, 0.2) is 30.3 Å². The lowest BCUT2D eigenvalue weighted by molar-refractivity contribution is -0.183. The van der Waals surface area contributed by atoms with E-state index in [1.165, 1.54) is 23.6 Å². The van der Waals surface area contributed by atoms with Crippen molar-refractivity contribution in [2.24, 2.45) is 0 Å². The Morgan fingerprint density at radius 2 is 1.58 bits per heavy atom. The van der Waals surface area contributed by atoms with E-state index < -0.39 is 96.3 Å². The molecule has 5 heterocycles. The average molecular weight is 706 g/mol. The van der Waals surface area contributed by atoms with Gasteiger partial charge in [0.25, 0.3) is 0 Å². The maximum absolute atomic E-state index is 13.6. The van der Waals surface area contributed by atoms with Crippen molar-refractivity contribution in [3.8, 4) is 0 Å². The molecule has 3 amide bonds. The summed E-state index contributed by atoms with van der Waals surface area (Å²) in [5.41, 5.74) is -0.0634. The van der Waals surface area contributed by atoms with E-state index in [0.29, 0.717) is 0 Å². The normalized spacial score (nSPS) is 35.2. The molecule has 0 aromatic heterocycles. The number of carbonyl (C=O) groups is 5. The molecule has 45 heavy (non-hydrogen) atoms. The summed E-state index contributed by atoms with van der Waals surface area (Å²) in [7, 11) is -3.95. The van der Waals surface area contributed by atoms with Crippen LogP contribution in [0.4, 0.5) is 0 Å². The molecule has 7 atom stereocenters. The summed E-state index contributed by atoms with van der Waals surface area (Å²) in [6, 6.07) is 5.27. The molecular formula is C28H34Cl2N4O9S2. The third-order valence-electron chi connectivity index (χ3n) is 9.33. The number of nitrogens with one attached hydrogen (secondary N) is 1. The van der Waals surface area contributed by atoms with Gasteiger partial charge in [-0.1, -0.05) is 30.3 Å². The van der Waals surface area contributed by atoms with Crippen LogP contribution in [0.25, 0.3) is 0 Å². The molecule has 246 valence electrons. The first-order chi connectivity index (χ1) is 20.5. The van der Waals surface area contributed by atoms with Gasteiger partial charge in [-0.3, -0.25) is 19.7 Å². The van der Waals surface area contributed by atoms with E-state index in [2.05, 4.69) is 5.32 Å². The van der Waals surface area contributed by atoms with Gasteiger partial charge in [0, 0.05) is 10.6 Å². The van der Waals surface area contributed by atoms with Gasteiger partial charge in [0.05, 0.1) is 12.1 Å². The van der Waals surface area contributed by atoms with E-state index in [-0.39, 0.29) is 24.7 Å². The van der Waals surface area contributed by atoms with Crippen molar-refractivity contribution < 1.29 is 41.9 Å². The van der Waals surface area contributed by atoms with Crippen molar-refractivity contribution in [3.63, 3.8) is 0 Å². The number of hydrogen-bond donors (Lipinski definition) is 1. The van der Waals surface area contributed by atoms with Crippen molar-refractivity contribution in [3.05, 3.63) is 35.9 Å². The molecule has 17 heteroatoms. The zero-order valence-electron chi connectivity index (χ0n) is 25.1. The Balaban J connectivity index is 0.00000400. The van der Waals surface area contributed by atoms with Crippen molar-refractivity contribution in [2.45, 2.75) is 91.1 Å².